The Morgan fingerprint density at radius 2 is 1.65 bits per heavy atom. The number of benzene rings is 1. The third-order valence-electron chi connectivity index (χ3n) is 2.21. The fraction of sp³-hybridized carbons (Fsp3) is 0. The van der Waals surface area contributed by atoms with Crippen molar-refractivity contribution >= 4 is 71.1 Å². The molecule has 7 heteroatoms. The summed E-state index contributed by atoms with van der Waals surface area (Å²) in [4.78, 5) is 13.0. The van der Waals surface area contributed by atoms with Crippen molar-refractivity contribution in [2.45, 2.75) is 0 Å². The zero-order valence-corrected chi connectivity index (χ0v) is 11.2. The second-order valence-electron chi connectivity index (χ2n) is 3.25. The molecule has 85 valence electrons. The van der Waals surface area contributed by atoms with Gasteiger partial charge >= 0.3 is 119 Å². The Morgan fingerprint density at radius 3 is 2.12 bits per heavy atom. The first-order valence-electron chi connectivity index (χ1n) is 4.41. The number of rotatable bonds is 1. The number of anilines is 1. The maximum absolute atomic E-state index is 11.8. The van der Waals surface area contributed by atoms with E-state index in [9.17, 15) is 4.79 Å². The van der Waals surface area contributed by atoms with Crippen LogP contribution in [0.3, 0.4) is 0 Å². The van der Waals surface area contributed by atoms with Gasteiger partial charge in [0, 0.05) is 0 Å². The number of hydrogen-bond acceptors (Lipinski definition) is 1. The van der Waals surface area contributed by atoms with Gasteiger partial charge in [-0.25, -0.2) is 0 Å². The summed E-state index contributed by atoms with van der Waals surface area (Å²) in [6.07, 6.45) is 0. The average molecular weight is 306 g/mol. The Hall–Kier alpha value is -0.475. The third kappa shape index (κ3) is 2.13. The summed E-state index contributed by atoms with van der Waals surface area (Å²) in [6, 6.07) is 4.66. The molecule has 0 aromatic heterocycles. The molecule has 17 heavy (non-hydrogen) atoms. The van der Waals surface area contributed by atoms with Crippen LogP contribution in [0.1, 0.15) is 0 Å². The molecule has 0 spiro atoms. The molecule has 0 bridgehead atoms. The van der Waals surface area contributed by atoms with Crippen LogP contribution in [0.15, 0.2) is 28.3 Å². The van der Waals surface area contributed by atoms with Crippen molar-refractivity contribution in [2.24, 2.45) is 0 Å². The predicted octanol–water partition coefficient (Wildman–Crippen LogP) is 3.33. The Balaban J connectivity index is 2.47. The maximum atomic E-state index is 11.8. The Labute approximate surface area is 119 Å². The topological polar surface area (TPSA) is 20.3 Å². The zero-order chi connectivity index (χ0) is 12.7. The van der Waals surface area contributed by atoms with Crippen LogP contribution in [0.25, 0.3) is 0 Å². The molecule has 2 rings (SSSR count). The van der Waals surface area contributed by atoms with Crippen molar-refractivity contribution in [2.75, 3.05) is 4.90 Å². The van der Waals surface area contributed by atoms with E-state index < -0.39 is 5.91 Å². The standard InChI is InChI=1S/C10H3BCl4NO/c11-9-7(14)8(15)10(17)16(9)4-1-2-5(12)6(13)3-4/h1-3H. The SMILES string of the molecule is [B]=C1C(Cl)=C(Cl)C(=O)N1c1ccc(Cl)c(Cl)c1. The van der Waals surface area contributed by atoms with Gasteiger partial charge in [0.25, 0.3) is 0 Å². The normalized spacial score (nSPS) is 16.1. The number of carbonyl (C=O) groups is 1. The fourth-order valence-electron chi connectivity index (χ4n) is 1.39. The number of hydrogen-bond donors (Lipinski definition) is 0. The van der Waals surface area contributed by atoms with E-state index in [0.29, 0.717) is 15.7 Å². The summed E-state index contributed by atoms with van der Waals surface area (Å²) in [7, 11) is 5.69. The summed E-state index contributed by atoms with van der Waals surface area (Å²) >= 11 is 23.2. The fourth-order valence-corrected chi connectivity index (χ4v) is 2.03. The summed E-state index contributed by atoms with van der Waals surface area (Å²) in [5, 5.41) is 0.604. The van der Waals surface area contributed by atoms with Gasteiger partial charge in [0.1, 0.15) is 0 Å². The predicted molar refractivity (Wildman–Crippen MR) is 73.4 cm³/mol. The molecule has 1 aromatic rings. The molecular weight excluding hydrogens is 303 g/mol. The Morgan fingerprint density at radius 1 is 1.00 bits per heavy atom. The van der Waals surface area contributed by atoms with Gasteiger partial charge in [0.05, 0.1) is 0 Å². The molecule has 1 aromatic carbocycles. The monoisotopic (exact) mass is 304 g/mol. The minimum absolute atomic E-state index is 0.0303. The van der Waals surface area contributed by atoms with Crippen molar-refractivity contribution in [1.82, 2.24) is 0 Å². The van der Waals surface area contributed by atoms with Crippen LogP contribution < -0.4 is 4.90 Å². The molecule has 0 aliphatic carbocycles. The molecule has 1 heterocycles. The third-order valence-corrected chi connectivity index (χ3v) is 3.78. The van der Waals surface area contributed by atoms with Crippen LogP contribution in [0.4, 0.5) is 5.69 Å². The van der Waals surface area contributed by atoms with Crippen LogP contribution in [0.2, 0.25) is 10.0 Å². The number of carbonyl (C=O) groups excluding carboxylic acids is 1. The molecule has 1 aliphatic rings. The first-order chi connectivity index (χ1) is 7.93. The van der Waals surface area contributed by atoms with Gasteiger partial charge in [-0.3, -0.25) is 0 Å². The molecular formula is C10H3BCl4NO. The van der Waals surface area contributed by atoms with E-state index >= 15 is 0 Å². The van der Waals surface area contributed by atoms with E-state index in [1.165, 1.54) is 11.0 Å². The van der Waals surface area contributed by atoms with Crippen LogP contribution in [-0.4, -0.2) is 19.0 Å². The Kier molecular flexibility index (Phi) is 3.55. The van der Waals surface area contributed by atoms with E-state index in [2.05, 4.69) is 0 Å². The number of amides is 1. The van der Waals surface area contributed by atoms with Crippen molar-refractivity contribution in [3.63, 3.8) is 0 Å². The molecule has 0 saturated carbocycles. The van der Waals surface area contributed by atoms with E-state index in [4.69, 9.17) is 53.9 Å². The summed E-state index contributed by atoms with van der Waals surface area (Å²) < 4.78 is 0. The van der Waals surface area contributed by atoms with Gasteiger partial charge in [-0.2, -0.15) is 0 Å². The molecule has 0 unspecified atom stereocenters. The van der Waals surface area contributed by atoms with E-state index in [1.807, 2.05) is 0 Å². The van der Waals surface area contributed by atoms with Crippen LogP contribution in [-0.2, 0) is 4.79 Å². The quantitative estimate of drug-likeness (QED) is 0.729. The van der Waals surface area contributed by atoms with Crippen molar-refractivity contribution in [3.8, 4) is 0 Å². The molecule has 0 N–H and O–H groups in total. The van der Waals surface area contributed by atoms with Crippen molar-refractivity contribution in [3.05, 3.63) is 38.3 Å². The van der Waals surface area contributed by atoms with Crippen LogP contribution in [0.5, 0.6) is 0 Å². The molecule has 0 saturated heterocycles. The first-order valence-corrected chi connectivity index (χ1v) is 5.92. The van der Waals surface area contributed by atoms with E-state index in [0.717, 1.165) is 0 Å². The second kappa shape index (κ2) is 4.66. The van der Waals surface area contributed by atoms with Gasteiger partial charge < -0.3 is 0 Å². The number of halogens is 4. The average Bonchev–Trinajstić information content (AvgIpc) is 2.48. The molecule has 1 amide bonds. The van der Waals surface area contributed by atoms with Crippen molar-refractivity contribution in [1.29, 1.82) is 0 Å². The molecule has 1 aliphatic heterocycles. The summed E-state index contributed by atoms with van der Waals surface area (Å²) in [5.41, 5.74) is 0.524. The van der Waals surface area contributed by atoms with Crippen LogP contribution in [0, 0.1) is 0 Å². The molecule has 0 fully saturated rings. The van der Waals surface area contributed by atoms with Gasteiger partial charge in [-0.15, -0.1) is 0 Å². The van der Waals surface area contributed by atoms with E-state index in [1.54, 1.807) is 12.1 Å². The minimum atomic E-state index is -0.493. The van der Waals surface area contributed by atoms with E-state index in [-0.39, 0.29) is 15.7 Å². The van der Waals surface area contributed by atoms with Gasteiger partial charge in [-0.1, -0.05) is 0 Å². The van der Waals surface area contributed by atoms with Gasteiger partial charge in [0.15, 0.2) is 0 Å². The zero-order valence-electron chi connectivity index (χ0n) is 8.18. The summed E-state index contributed by atoms with van der Waals surface area (Å²) in [5.74, 6) is -0.493. The summed E-state index contributed by atoms with van der Waals surface area (Å²) in [6.45, 7) is 0. The Bertz CT molecular complexity index is 545. The molecule has 2 nitrogen and oxygen atoms in total. The molecule has 1 radical (unpaired) electrons. The van der Waals surface area contributed by atoms with Gasteiger partial charge in [0.2, 0.25) is 0 Å². The first kappa shape index (κ1) is 13.0. The van der Waals surface area contributed by atoms with Crippen LogP contribution >= 0.6 is 46.4 Å². The molecule has 0 atom stereocenters. The van der Waals surface area contributed by atoms with Gasteiger partial charge in [-0.05, 0) is 0 Å². The number of nitrogens with zero attached hydrogens (tertiary/aromatic N) is 1. The van der Waals surface area contributed by atoms with Crippen molar-refractivity contribution < 1.29 is 4.79 Å². The second-order valence-corrected chi connectivity index (χ2v) is 4.82.